The quantitative estimate of drug-likeness (QED) is 0.654. The first-order valence-corrected chi connectivity index (χ1v) is 14.7. The zero-order valence-corrected chi connectivity index (χ0v) is 19.4. The Morgan fingerprint density at radius 2 is 1.70 bits per heavy atom. The van der Waals surface area contributed by atoms with E-state index in [0.717, 1.165) is 56.5 Å². The minimum atomic E-state index is -3.50. The van der Waals surface area contributed by atoms with Crippen molar-refractivity contribution in [3.05, 3.63) is 17.0 Å². The summed E-state index contributed by atoms with van der Waals surface area (Å²) in [6.45, 7) is 2.83. The van der Waals surface area contributed by atoms with Crippen LogP contribution in [0.1, 0.15) is 37.0 Å². The van der Waals surface area contributed by atoms with Crippen molar-refractivity contribution >= 4 is 37.1 Å². The number of carbonyl (C=O) groups excluding carboxylic acids is 1. The van der Waals surface area contributed by atoms with Gasteiger partial charge in [-0.05, 0) is 50.9 Å². The number of nitrogens with one attached hydrogen (secondary N) is 1. The number of piperidine rings is 1. The van der Waals surface area contributed by atoms with Crippen molar-refractivity contribution in [1.82, 2.24) is 14.5 Å². The Balaban J connectivity index is 1.39. The van der Waals surface area contributed by atoms with Gasteiger partial charge in [-0.2, -0.15) is 4.31 Å². The smallest absolute Gasteiger partial charge is 0.252 e. The SMILES string of the molecule is O=C(Cc1ccc(S(=O)(=O)N2CCCCC2)s1)NC1CS(=O)(=O)CC1N1CCCC1. The van der Waals surface area contributed by atoms with Gasteiger partial charge >= 0.3 is 0 Å². The van der Waals surface area contributed by atoms with E-state index in [2.05, 4.69) is 10.2 Å². The van der Waals surface area contributed by atoms with Crippen LogP contribution in [-0.2, 0) is 31.1 Å². The third-order valence-electron chi connectivity index (χ3n) is 6.16. The molecule has 2 atom stereocenters. The molecule has 168 valence electrons. The zero-order chi connectivity index (χ0) is 21.4. The van der Waals surface area contributed by atoms with Crippen molar-refractivity contribution in [3.8, 4) is 0 Å². The monoisotopic (exact) mass is 475 g/mol. The number of thiophene rings is 1. The first-order valence-electron chi connectivity index (χ1n) is 10.6. The highest BCUT2D eigenvalue weighted by atomic mass is 32.2. The van der Waals surface area contributed by atoms with Crippen LogP contribution in [0.25, 0.3) is 0 Å². The van der Waals surface area contributed by atoms with Gasteiger partial charge in [0.1, 0.15) is 4.21 Å². The number of likely N-dealkylation sites (tertiary alicyclic amines) is 1. The highest BCUT2D eigenvalue weighted by Gasteiger charge is 2.42. The van der Waals surface area contributed by atoms with Gasteiger partial charge in [0.15, 0.2) is 9.84 Å². The lowest BCUT2D eigenvalue weighted by molar-refractivity contribution is -0.121. The molecule has 3 fully saturated rings. The van der Waals surface area contributed by atoms with Gasteiger partial charge < -0.3 is 5.32 Å². The second kappa shape index (κ2) is 8.85. The average molecular weight is 476 g/mol. The van der Waals surface area contributed by atoms with E-state index in [9.17, 15) is 21.6 Å². The maximum Gasteiger partial charge on any atom is 0.252 e. The third-order valence-corrected chi connectivity index (χ3v) is 11.3. The van der Waals surface area contributed by atoms with Crippen LogP contribution in [0.2, 0.25) is 0 Å². The maximum atomic E-state index is 12.8. The van der Waals surface area contributed by atoms with Crippen LogP contribution >= 0.6 is 11.3 Å². The molecule has 0 aromatic carbocycles. The van der Waals surface area contributed by atoms with Crippen molar-refractivity contribution in [1.29, 1.82) is 0 Å². The molecule has 8 nitrogen and oxygen atoms in total. The fourth-order valence-electron chi connectivity index (χ4n) is 4.64. The normalized spacial score (nSPS) is 28.0. The second-order valence-corrected chi connectivity index (χ2v) is 13.9. The molecule has 4 rings (SSSR count). The van der Waals surface area contributed by atoms with Crippen LogP contribution < -0.4 is 5.32 Å². The molecular weight excluding hydrogens is 446 g/mol. The lowest BCUT2D eigenvalue weighted by atomic mass is 10.1. The summed E-state index contributed by atoms with van der Waals surface area (Å²) in [6, 6.07) is 2.69. The minimum absolute atomic E-state index is 0.0288. The summed E-state index contributed by atoms with van der Waals surface area (Å²) in [5, 5.41) is 2.91. The number of sulfonamides is 1. The van der Waals surface area contributed by atoms with E-state index in [0.29, 0.717) is 18.0 Å². The molecule has 30 heavy (non-hydrogen) atoms. The molecule has 1 aromatic heterocycles. The molecule has 0 saturated carbocycles. The number of nitrogens with zero attached hydrogens (tertiary/aromatic N) is 2. The molecule has 3 aliphatic rings. The van der Waals surface area contributed by atoms with Crippen molar-refractivity contribution in [2.24, 2.45) is 0 Å². The number of rotatable bonds is 6. The molecule has 3 saturated heterocycles. The Morgan fingerprint density at radius 3 is 2.40 bits per heavy atom. The van der Waals surface area contributed by atoms with Crippen LogP contribution in [0.4, 0.5) is 0 Å². The number of sulfone groups is 1. The predicted molar refractivity (Wildman–Crippen MR) is 116 cm³/mol. The van der Waals surface area contributed by atoms with Crippen molar-refractivity contribution < 1.29 is 21.6 Å². The molecule has 4 heterocycles. The highest BCUT2D eigenvalue weighted by Crippen LogP contribution is 2.28. The maximum absolute atomic E-state index is 12.8. The fraction of sp³-hybridized carbons (Fsp3) is 0.737. The molecule has 0 radical (unpaired) electrons. The first kappa shape index (κ1) is 22.2. The van der Waals surface area contributed by atoms with Crippen LogP contribution in [-0.4, -0.2) is 81.7 Å². The molecule has 2 unspecified atom stereocenters. The summed E-state index contributed by atoms with van der Waals surface area (Å²) in [5.74, 6) is -0.196. The number of amides is 1. The van der Waals surface area contributed by atoms with Crippen LogP contribution in [0.15, 0.2) is 16.3 Å². The Bertz CT molecular complexity index is 977. The number of hydrogen-bond acceptors (Lipinski definition) is 7. The van der Waals surface area contributed by atoms with E-state index in [-0.39, 0.29) is 34.1 Å². The Labute approximate surface area is 182 Å². The zero-order valence-electron chi connectivity index (χ0n) is 17.0. The highest BCUT2D eigenvalue weighted by molar-refractivity contribution is 7.91. The molecule has 0 spiro atoms. The number of hydrogen-bond donors (Lipinski definition) is 1. The van der Waals surface area contributed by atoms with Gasteiger partial charge in [-0.3, -0.25) is 9.69 Å². The van der Waals surface area contributed by atoms with Crippen molar-refractivity contribution in [3.63, 3.8) is 0 Å². The fourth-order valence-corrected chi connectivity index (χ4v) is 9.62. The van der Waals surface area contributed by atoms with E-state index < -0.39 is 25.9 Å². The molecule has 3 aliphatic heterocycles. The topological polar surface area (TPSA) is 104 Å². The molecular formula is C19H29N3O5S3. The van der Waals surface area contributed by atoms with Crippen LogP contribution in [0.3, 0.4) is 0 Å². The number of carbonyl (C=O) groups is 1. The predicted octanol–water partition coefficient (Wildman–Crippen LogP) is 0.843. The Morgan fingerprint density at radius 1 is 1.03 bits per heavy atom. The van der Waals surface area contributed by atoms with E-state index in [1.54, 1.807) is 12.1 Å². The van der Waals surface area contributed by atoms with Crippen LogP contribution in [0, 0.1) is 0 Å². The summed E-state index contributed by atoms with van der Waals surface area (Å²) in [4.78, 5) is 15.5. The molecule has 1 N–H and O–H groups in total. The summed E-state index contributed by atoms with van der Waals surface area (Å²) in [7, 11) is -6.67. The Kier molecular flexibility index (Phi) is 6.55. The summed E-state index contributed by atoms with van der Waals surface area (Å²) >= 11 is 1.13. The van der Waals surface area contributed by atoms with Crippen molar-refractivity contribution in [2.75, 3.05) is 37.7 Å². The first-order chi connectivity index (χ1) is 14.2. The molecule has 0 aliphatic carbocycles. The lowest BCUT2D eigenvalue weighted by Gasteiger charge is -2.28. The van der Waals surface area contributed by atoms with Crippen molar-refractivity contribution in [2.45, 2.75) is 54.8 Å². The van der Waals surface area contributed by atoms with Crippen LogP contribution in [0.5, 0.6) is 0 Å². The van der Waals surface area contributed by atoms with Gasteiger partial charge in [0, 0.05) is 24.0 Å². The molecule has 0 bridgehead atoms. The summed E-state index contributed by atoms with van der Waals surface area (Å²) in [5.41, 5.74) is 0. The standard InChI is InChI=1S/C19H29N3O5S3/c23-18(20-16-13-29(24,25)14-17(16)21-8-4-5-9-21)12-15-6-7-19(28-15)30(26,27)22-10-2-1-3-11-22/h6-7,16-17H,1-5,8-14H2,(H,20,23). The largest absolute Gasteiger partial charge is 0.350 e. The summed E-state index contributed by atoms with van der Waals surface area (Å²) < 4.78 is 51.7. The van der Waals surface area contributed by atoms with Gasteiger partial charge in [0.25, 0.3) is 10.0 Å². The average Bonchev–Trinajstić information content (AvgIpc) is 3.43. The van der Waals surface area contributed by atoms with Gasteiger partial charge in [-0.15, -0.1) is 11.3 Å². The van der Waals surface area contributed by atoms with Gasteiger partial charge in [-0.25, -0.2) is 16.8 Å². The molecule has 11 heteroatoms. The van der Waals surface area contributed by atoms with E-state index in [4.69, 9.17) is 0 Å². The lowest BCUT2D eigenvalue weighted by Crippen LogP contribution is -2.50. The van der Waals surface area contributed by atoms with Gasteiger partial charge in [0.2, 0.25) is 5.91 Å². The van der Waals surface area contributed by atoms with E-state index in [1.165, 1.54) is 4.31 Å². The van der Waals surface area contributed by atoms with Gasteiger partial charge in [-0.1, -0.05) is 6.42 Å². The molecule has 1 amide bonds. The van der Waals surface area contributed by atoms with Gasteiger partial charge in [0.05, 0.1) is 24.0 Å². The summed E-state index contributed by atoms with van der Waals surface area (Å²) in [6.07, 6.45) is 4.98. The van der Waals surface area contributed by atoms with E-state index in [1.807, 2.05) is 0 Å². The Hall–Kier alpha value is -1.01. The van der Waals surface area contributed by atoms with E-state index >= 15 is 0 Å². The molecule has 1 aromatic rings. The second-order valence-electron chi connectivity index (χ2n) is 8.42. The minimum Gasteiger partial charge on any atom is -0.350 e. The third kappa shape index (κ3) is 4.90.